The number of amides is 2. The van der Waals surface area contributed by atoms with Crippen LogP contribution in [0.15, 0.2) is 29.2 Å². The predicted molar refractivity (Wildman–Crippen MR) is 113 cm³/mol. The highest BCUT2D eigenvalue weighted by Gasteiger charge is 2.28. The summed E-state index contributed by atoms with van der Waals surface area (Å²) in [6.07, 6.45) is 4.25. The van der Waals surface area contributed by atoms with Crippen LogP contribution in [-0.4, -0.2) is 50.8 Å². The highest BCUT2D eigenvalue weighted by Crippen LogP contribution is 2.16. The number of hydrogen-bond donors (Lipinski definition) is 2. The molecule has 1 saturated heterocycles. The molecule has 1 aromatic carbocycles. The van der Waals surface area contributed by atoms with Crippen molar-refractivity contribution < 1.29 is 18.0 Å². The van der Waals surface area contributed by atoms with Crippen molar-refractivity contribution in [3.8, 4) is 0 Å². The number of hydrogen-bond acceptors (Lipinski definition) is 4. The van der Waals surface area contributed by atoms with Crippen LogP contribution in [0, 0.1) is 5.92 Å². The molecule has 29 heavy (non-hydrogen) atoms. The van der Waals surface area contributed by atoms with Crippen LogP contribution < -0.4 is 10.0 Å². The Morgan fingerprint density at radius 2 is 1.86 bits per heavy atom. The second kappa shape index (κ2) is 10.9. The maximum atomic E-state index is 12.6. The minimum Gasteiger partial charge on any atom is -0.355 e. The fraction of sp³-hybridized carbons (Fsp3) is 0.600. The lowest BCUT2D eigenvalue weighted by atomic mass is 10.1. The Bertz CT molecular complexity index is 796. The van der Waals surface area contributed by atoms with Crippen LogP contribution in [0.3, 0.4) is 0 Å². The number of carbonyl (C=O) groups is 2. The maximum absolute atomic E-state index is 12.6. The van der Waals surface area contributed by atoms with Gasteiger partial charge in [-0.3, -0.25) is 9.59 Å². The summed E-state index contributed by atoms with van der Waals surface area (Å²) in [5.41, 5.74) is 0. The van der Waals surface area contributed by atoms with Crippen LogP contribution in [-0.2, 0) is 19.6 Å². The second-order valence-corrected chi connectivity index (χ2v) is 9.78. The van der Waals surface area contributed by atoms with Crippen LogP contribution in [0.2, 0.25) is 5.02 Å². The number of likely N-dealkylation sites (tertiary alicyclic amines) is 1. The molecule has 162 valence electrons. The molecule has 1 aliphatic heterocycles. The summed E-state index contributed by atoms with van der Waals surface area (Å²) in [5.74, 6) is -0.436. The van der Waals surface area contributed by atoms with E-state index in [9.17, 15) is 18.0 Å². The van der Waals surface area contributed by atoms with Crippen LogP contribution in [0.4, 0.5) is 0 Å². The van der Waals surface area contributed by atoms with Gasteiger partial charge in [-0.25, -0.2) is 8.42 Å². The van der Waals surface area contributed by atoms with Crippen molar-refractivity contribution in [1.82, 2.24) is 14.9 Å². The molecule has 1 aliphatic rings. The van der Waals surface area contributed by atoms with E-state index in [1.54, 1.807) is 13.8 Å². The van der Waals surface area contributed by atoms with E-state index < -0.39 is 16.1 Å². The third-order valence-electron chi connectivity index (χ3n) is 4.93. The molecule has 0 aromatic heterocycles. The van der Waals surface area contributed by atoms with Crippen molar-refractivity contribution in [2.24, 2.45) is 5.92 Å². The molecule has 2 amide bonds. The van der Waals surface area contributed by atoms with Crippen molar-refractivity contribution in [2.75, 3.05) is 19.6 Å². The van der Waals surface area contributed by atoms with E-state index >= 15 is 0 Å². The van der Waals surface area contributed by atoms with Gasteiger partial charge in [0.1, 0.15) is 6.04 Å². The molecule has 1 heterocycles. The van der Waals surface area contributed by atoms with Gasteiger partial charge in [0.25, 0.3) is 0 Å². The smallest absolute Gasteiger partial charge is 0.241 e. The molecule has 1 aromatic rings. The lowest BCUT2D eigenvalue weighted by molar-refractivity contribution is -0.130. The zero-order valence-electron chi connectivity index (χ0n) is 17.0. The fourth-order valence-electron chi connectivity index (χ4n) is 3.21. The van der Waals surface area contributed by atoms with E-state index in [2.05, 4.69) is 10.0 Å². The first-order valence-electron chi connectivity index (χ1n) is 10.0. The number of halogens is 1. The van der Waals surface area contributed by atoms with Gasteiger partial charge in [-0.2, -0.15) is 4.72 Å². The maximum Gasteiger partial charge on any atom is 0.241 e. The number of sulfonamides is 1. The van der Waals surface area contributed by atoms with Crippen LogP contribution >= 0.6 is 11.6 Å². The van der Waals surface area contributed by atoms with Gasteiger partial charge in [-0.1, -0.05) is 31.9 Å². The van der Waals surface area contributed by atoms with Gasteiger partial charge in [-0.15, -0.1) is 0 Å². The second-order valence-electron chi connectivity index (χ2n) is 7.63. The molecule has 0 spiro atoms. The standard InChI is InChI=1S/C20H30ClN3O4S/c1-15(2)19(23-29(27,28)17-10-8-16(21)9-11-17)20(26)22-12-6-14-24-13-5-3-4-7-18(24)25/h8-11,15,19,23H,3-7,12-14H2,1-2H3,(H,22,26)/t19-/m0/s1. The molecule has 1 atom stereocenters. The molecule has 9 heteroatoms. The first-order chi connectivity index (χ1) is 13.7. The number of nitrogens with one attached hydrogen (secondary N) is 2. The fourth-order valence-corrected chi connectivity index (χ4v) is 4.68. The lowest BCUT2D eigenvalue weighted by Gasteiger charge is -2.23. The first kappa shape index (κ1) is 23.6. The summed E-state index contributed by atoms with van der Waals surface area (Å²) in [6.45, 7) is 5.31. The largest absolute Gasteiger partial charge is 0.355 e. The van der Waals surface area contributed by atoms with E-state index in [4.69, 9.17) is 11.6 Å². The van der Waals surface area contributed by atoms with Crippen molar-refractivity contribution in [1.29, 1.82) is 0 Å². The molecule has 0 radical (unpaired) electrons. The third-order valence-corrected chi connectivity index (χ3v) is 6.64. The Morgan fingerprint density at radius 3 is 2.52 bits per heavy atom. The van der Waals surface area contributed by atoms with E-state index in [0.29, 0.717) is 31.0 Å². The summed E-state index contributed by atoms with van der Waals surface area (Å²) in [5, 5.41) is 3.23. The zero-order valence-corrected chi connectivity index (χ0v) is 18.6. The topological polar surface area (TPSA) is 95.6 Å². The summed E-state index contributed by atoms with van der Waals surface area (Å²) in [4.78, 5) is 26.5. The van der Waals surface area contributed by atoms with Crippen LogP contribution in [0.5, 0.6) is 0 Å². The molecular formula is C20H30ClN3O4S. The molecule has 0 saturated carbocycles. The van der Waals surface area contributed by atoms with Gasteiger partial charge in [0.15, 0.2) is 0 Å². The van der Waals surface area contributed by atoms with E-state index in [0.717, 1.165) is 25.8 Å². The Balaban J connectivity index is 1.88. The minimum absolute atomic E-state index is 0.0556. The molecule has 7 nitrogen and oxygen atoms in total. The van der Waals surface area contributed by atoms with Gasteiger partial charge in [0.05, 0.1) is 4.90 Å². The summed E-state index contributed by atoms with van der Waals surface area (Å²) < 4.78 is 27.7. The monoisotopic (exact) mass is 443 g/mol. The van der Waals surface area contributed by atoms with Crippen molar-refractivity contribution in [2.45, 2.75) is 56.9 Å². The van der Waals surface area contributed by atoms with Gasteiger partial charge in [0.2, 0.25) is 21.8 Å². The average Bonchev–Trinajstić information content (AvgIpc) is 2.87. The van der Waals surface area contributed by atoms with Gasteiger partial charge in [-0.05, 0) is 49.4 Å². The highest BCUT2D eigenvalue weighted by atomic mass is 35.5. The Hall–Kier alpha value is -1.64. The van der Waals surface area contributed by atoms with Crippen molar-refractivity contribution >= 4 is 33.4 Å². The minimum atomic E-state index is -3.85. The quantitative estimate of drug-likeness (QED) is 0.573. The Kier molecular flexibility index (Phi) is 8.92. The molecular weight excluding hydrogens is 414 g/mol. The number of nitrogens with zero attached hydrogens (tertiary/aromatic N) is 1. The molecule has 2 rings (SSSR count). The van der Waals surface area contributed by atoms with E-state index in [1.807, 2.05) is 4.90 Å². The molecule has 0 bridgehead atoms. The van der Waals surface area contributed by atoms with Gasteiger partial charge >= 0.3 is 0 Å². The molecule has 2 N–H and O–H groups in total. The number of rotatable bonds is 9. The molecule has 1 fully saturated rings. The third kappa shape index (κ3) is 7.28. The summed E-state index contributed by atoms with van der Waals surface area (Å²) >= 11 is 5.81. The number of benzene rings is 1. The van der Waals surface area contributed by atoms with E-state index in [1.165, 1.54) is 24.3 Å². The summed E-state index contributed by atoms with van der Waals surface area (Å²) in [7, 11) is -3.85. The first-order valence-corrected chi connectivity index (χ1v) is 11.9. The van der Waals surface area contributed by atoms with Crippen LogP contribution in [0.1, 0.15) is 46.0 Å². The van der Waals surface area contributed by atoms with E-state index in [-0.39, 0.29) is 22.6 Å². The van der Waals surface area contributed by atoms with Crippen molar-refractivity contribution in [3.05, 3.63) is 29.3 Å². The van der Waals surface area contributed by atoms with Crippen LogP contribution in [0.25, 0.3) is 0 Å². The van der Waals surface area contributed by atoms with Gasteiger partial charge < -0.3 is 10.2 Å². The normalized spacial score (nSPS) is 16.6. The van der Waals surface area contributed by atoms with Crippen molar-refractivity contribution in [3.63, 3.8) is 0 Å². The zero-order chi connectivity index (χ0) is 21.4. The lowest BCUT2D eigenvalue weighted by Crippen LogP contribution is -2.50. The van der Waals surface area contributed by atoms with Gasteiger partial charge in [0, 0.05) is 31.1 Å². The number of carbonyl (C=O) groups excluding carboxylic acids is 2. The highest BCUT2D eigenvalue weighted by molar-refractivity contribution is 7.89. The summed E-state index contributed by atoms with van der Waals surface area (Å²) in [6, 6.07) is 4.89. The SMILES string of the molecule is CC(C)[C@H](NS(=O)(=O)c1ccc(Cl)cc1)C(=O)NCCCN1CCCCCC1=O. The molecule has 0 aliphatic carbocycles. The average molecular weight is 444 g/mol. The predicted octanol–water partition coefficient (Wildman–Crippen LogP) is 2.55. The molecule has 0 unspecified atom stereocenters. The Morgan fingerprint density at radius 1 is 1.17 bits per heavy atom. The Labute approximate surface area is 178 Å².